The monoisotopic (exact) mass is 212 g/mol. The van der Waals surface area contributed by atoms with Crippen molar-refractivity contribution in [1.29, 1.82) is 0 Å². The molecule has 15 heavy (non-hydrogen) atoms. The molecular weight excluding hydrogens is 188 g/mol. The molecule has 2 aliphatic rings. The minimum absolute atomic E-state index is 0.164. The number of rotatable bonds is 4. The Balaban J connectivity index is 1.78. The number of aliphatic hydroxyl groups is 1. The molecule has 2 N–H and O–H groups in total. The molecule has 3 atom stereocenters. The molecule has 3 unspecified atom stereocenters. The molecular formula is C12H24N2O. The van der Waals surface area contributed by atoms with Gasteiger partial charge in [0, 0.05) is 25.2 Å². The molecule has 0 amide bonds. The maximum atomic E-state index is 9.54. The van der Waals surface area contributed by atoms with E-state index in [-0.39, 0.29) is 6.10 Å². The molecule has 0 aromatic carbocycles. The van der Waals surface area contributed by atoms with Gasteiger partial charge in [-0.05, 0) is 32.2 Å². The Morgan fingerprint density at radius 2 is 2.20 bits per heavy atom. The first-order valence-electron chi connectivity index (χ1n) is 6.46. The van der Waals surface area contributed by atoms with Gasteiger partial charge >= 0.3 is 0 Å². The third kappa shape index (κ3) is 2.71. The molecule has 2 fully saturated rings. The van der Waals surface area contributed by atoms with Crippen LogP contribution in [0.1, 0.15) is 39.0 Å². The summed E-state index contributed by atoms with van der Waals surface area (Å²) in [4.78, 5) is 2.62. The highest BCUT2D eigenvalue weighted by molar-refractivity contribution is 4.94. The van der Waals surface area contributed by atoms with Crippen LogP contribution in [0, 0.1) is 0 Å². The maximum Gasteiger partial charge on any atom is 0.0662 e. The van der Waals surface area contributed by atoms with E-state index in [0.29, 0.717) is 6.04 Å². The van der Waals surface area contributed by atoms with Gasteiger partial charge in [-0.3, -0.25) is 4.90 Å². The van der Waals surface area contributed by atoms with Crippen molar-refractivity contribution in [3.63, 3.8) is 0 Å². The topological polar surface area (TPSA) is 35.5 Å². The zero-order valence-electron chi connectivity index (χ0n) is 9.78. The van der Waals surface area contributed by atoms with Crippen LogP contribution >= 0.6 is 0 Å². The zero-order valence-corrected chi connectivity index (χ0v) is 9.78. The predicted octanol–water partition coefficient (Wildman–Crippen LogP) is 0.974. The van der Waals surface area contributed by atoms with Crippen molar-refractivity contribution in [2.75, 3.05) is 19.6 Å². The van der Waals surface area contributed by atoms with Crippen LogP contribution < -0.4 is 5.32 Å². The van der Waals surface area contributed by atoms with Crippen molar-refractivity contribution >= 4 is 0 Å². The molecule has 2 saturated heterocycles. The van der Waals surface area contributed by atoms with Gasteiger partial charge in [-0.2, -0.15) is 0 Å². The Kier molecular flexibility index (Phi) is 4.00. The van der Waals surface area contributed by atoms with Gasteiger partial charge in [-0.1, -0.05) is 13.3 Å². The van der Waals surface area contributed by atoms with Crippen LogP contribution in [0.25, 0.3) is 0 Å². The number of nitrogens with zero attached hydrogens (tertiary/aromatic N) is 1. The molecule has 0 radical (unpaired) electrons. The van der Waals surface area contributed by atoms with Crippen molar-refractivity contribution in [2.24, 2.45) is 0 Å². The Morgan fingerprint density at radius 1 is 1.33 bits per heavy atom. The van der Waals surface area contributed by atoms with E-state index in [1.807, 2.05) is 6.92 Å². The summed E-state index contributed by atoms with van der Waals surface area (Å²) in [6.07, 6.45) is 6.06. The summed E-state index contributed by atoms with van der Waals surface area (Å²) in [5.41, 5.74) is 0. The van der Waals surface area contributed by atoms with Crippen LogP contribution in [-0.4, -0.2) is 47.8 Å². The van der Waals surface area contributed by atoms with Gasteiger partial charge in [0.2, 0.25) is 0 Å². The van der Waals surface area contributed by atoms with Gasteiger partial charge in [-0.15, -0.1) is 0 Å². The largest absolute Gasteiger partial charge is 0.392 e. The average molecular weight is 212 g/mol. The standard InChI is InChI=1S/C12H24N2O/c1-2-10(15)9-13-11-6-8-14-7-4-3-5-12(11)14/h10-13,15H,2-9H2,1H3. The fourth-order valence-corrected chi connectivity index (χ4v) is 2.92. The SMILES string of the molecule is CCC(O)CNC1CCN2CCCCC12. The maximum absolute atomic E-state index is 9.54. The van der Waals surface area contributed by atoms with Crippen molar-refractivity contribution < 1.29 is 5.11 Å². The third-order valence-electron chi connectivity index (χ3n) is 3.94. The predicted molar refractivity (Wildman–Crippen MR) is 61.9 cm³/mol. The molecule has 3 nitrogen and oxygen atoms in total. The van der Waals surface area contributed by atoms with Gasteiger partial charge < -0.3 is 10.4 Å². The Labute approximate surface area is 92.8 Å². The molecule has 3 heteroatoms. The molecule has 0 aromatic heterocycles. The molecule has 2 aliphatic heterocycles. The minimum Gasteiger partial charge on any atom is -0.392 e. The summed E-state index contributed by atoms with van der Waals surface area (Å²) in [5, 5.41) is 13.1. The number of hydrogen-bond acceptors (Lipinski definition) is 3. The quantitative estimate of drug-likeness (QED) is 0.729. The molecule has 88 valence electrons. The first-order valence-corrected chi connectivity index (χ1v) is 6.46. The summed E-state index contributed by atoms with van der Waals surface area (Å²) in [6.45, 7) is 5.35. The summed E-state index contributed by atoms with van der Waals surface area (Å²) in [7, 11) is 0. The highest BCUT2D eigenvalue weighted by Gasteiger charge is 2.34. The smallest absolute Gasteiger partial charge is 0.0662 e. The molecule has 2 heterocycles. The van der Waals surface area contributed by atoms with E-state index >= 15 is 0 Å². The average Bonchev–Trinajstić information content (AvgIpc) is 2.69. The van der Waals surface area contributed by atoms with Gasteiger partial charge in [0.05, 0.1) is 6.10 Å². The summed E-state index contributed by atoms with van der Waals surface area (Å²) in [6, 6.07) is 1.38. The minimum atomic E-state index is -0.164. The van der Waals surface area contributed by atoms with Crippen molar-refractivity contribution in [3.8, 4) is 0 Å². The second-order valence-corrected chi connectivity index (χ2v) is 4.96. The number of piperidine rings is 1. The lowest BCUT2D eigenvalue weighted by Gasteiger charge is -2.33. The van der Waals surface area contributed by atoms with E-state index in [2.05, 4.69) is 10.2 Å². The second kappa shape index (κ2) is 5.28. The van der Waals surface area contributed by atoms with E-state index in [4.69, 9.17) is 0 Å². The van der Waals surface area contributed by atoms with E-state index in [1.165, 1.54) is 38.8 Å². The van der Waals surface area contributed by atoms with E-state index < -0.39 is 0 Å². The molecule has 0 aromatic rings. The number of aliphatic hydroxyl groups excluding tert-OH is 1. The highest BCUT2D eigenvalue weighted by Crippen LogP contribution is 2.26. The summed E-state index contributed by atoms with van der Waals surface area (Å²) >= 11 is 0. The summed E-state index contributed by atoms with van der Waals surface area (Å²) in [5.74, 6) is 0. The van der Waals surface area contributed by atoms with Gasteiger partial charge in [0.1, 0.15) is 0 Å². The molecule has 0 saturated carbocycles. The molecule has 2 rings (SSSR count). The fourth-order valence-electron chi connectivity index (χ4n) is 2.92. The molecule has 0 aliphatic carbocycles. The van der Waals surface area contributed by atoms with Crippen LogP contribution in [0.3, 0.4) is 0 Å². The highest BCUT2D eigenvalue weighted by atomic mass is 16.3. The van der Waals surface area contributed by atoms with E-state index in [1.54, 1.807) is 0 Å². The Bertz CT molecular complexity index is 198. The Hall–Kier alpha value is -0.120. The van der Waals surface area contributed by atoms with Crippen LogP contribution in [0.2, 0.25) is 0 Å². The van der Waals surface area contributed by atoms with E-state index in [9.17, 15) is 5.11 Å². The van der Waals surface area contributed by atoms with Gasteiger partial charge in [0.25, 0.3) is 0 Å². The second-order valence-electron chi connectivity index (χ2n) is 4.96. The lowest BCUT2D eigenvalue weighted by molar-refractivity contribution is 0.147. The lowest BCUT2D eigenvalue weighted by Crippen LogP contribution is -2.46. The number of nitrogens with one attached hydrogen (secondary N) is 1. The van der Waals surface area contributed by atoms with Gasteiger partial charge in [-0.25, -0.2) is 0 Å². The normalized spacial score (nSPS) is 34.0. The van der Waals surface area contributed by atoms with E-state index in [0.717, 1.165) is 19.0 Å². The van der Waals surface area contributed by atoms with Crippen LogP contribution in [-0.2, 0) is 0 Å². The third-order valence-corrected chi connectivity index (χ3v) is 3.94. The lowest BCUT2D eigenvalue weighted by atomic mass is 9.99. The first-order chi connectivity index (χ1) is 7.31. The van der Waals surface area contributed by atoms with Crippen molar-refractivity contribution in [1.82, 2.24) is 10.2 Å². The zero-order chi connectivity index (χ0) is 10.7. The Morgan fingerprint density at radius 3 is 3.00 bits per heavy atom. The number of fused-ring (bicyclic) bond motifs is 1. The first kappa shape index (κ1) is 11.4. The summed E-state index contributed by atoms with van der Waals surface area (Å²) < 4.78 is 0. The molecule has 0 spiro atoms. The van der Waals surface area contributed by atoms with Crippen LogP contribution in [0.5, 0.6) is 0 Å². The fraction of sp³-hybridized carbons (Fsp3) is 1.00. The van der Waals surface area contributed by atoms with Crippen LogP contribution in [0.4, 0.5) is 0 Å². The molecule has 0 bridgehead atoms. The number of hydrogen-bond donors (Lipinski definition) is 2. The van der Waals surface area contributed by atoms with Crippen molar-refractivity contribution in [2.45, 2.75) is 57.2 Å². The van der Waals surface area contributed by atoms with Crippen molar-refractivity contribution in [3.05, 3.63) is 0 Å². The van der Waals surface area contributed by atoms with Crippen LogP contribution in [0.15, 0.2) is 0 Å². The van der Waals surface area contributed by atoms with Gasteiger partial charge in [0.15, 0.2) is 0 Å².